The van der Waals surface area contributed by atoms with Gasteiger partial charge in [-0.3, -0.25) is 9.52 Å². The first-order valence-electron chi connectivity index (χ1n) is 10.3. The average Bonchev–Trinajstić information content (AvgIpc) is 3.05. The summed E-state index contributed by atoms with van der Waals surface area (Å²) in [4.78, 5) is 14.4. The maximum Gasteiger partial charge on any atom is 0.262 e. The van der Waals surface area contributed by atoms with Crippen molar-refractivity contribution in [2.75, 3.05) is 25.0 Å². The van der Waals surface area contributed by atoms with Gasteiger partial charge in [-0.15, -0.1) is 0 Å². The molecule has 1 amide bonds. The predicted molar refractivity (Wildman–Crippen MR) is 127 cm³/mol. The van der Waals surface area contributed by atoms with Gasteiger partial charge in [0.25, 0.3) is 15.9 Å². The van der Waals surface area contributed by atoms with Gasteiger partial charge < -0.3 is 14.4 Å². The molecule has 9 heteroatoms. The van der Waals surface area contributed by atoms with Gasteiger partial charge in [-0.25, -0.2) is 8.42 Å². The topological polar surface area (TPSA) is 84.9 Å². The molecule has 1 aliphatic heterocycles. The van der Waals surface area contributed by atoms with Crippen molar-refractivity contribution in [1.29, 1.82) is 0 Å². The number of halogens is 1. The fourth-order valence-corrected chi connectivity index (χ4v) is 4.65. The average molecular weight is 487 g/mol. The molecule has 0 aromatic heterocycles. The van der Waals surface area contributed by atoms with Gasteiger partial charge in [-0.1, -0.05) is 29.8 Å². The van der Waals surface area contributed by atoms with Crippen molar-refractivity contribution in [3.05, 3.63) is 82.9 Å². The third-order valence-electron chi connectivity index (χ3n) is 5.13. The number of anilines is 1. The van der Waals surface area contributed by atoms with E-state index in [2.05, 4.69) is 4.72 Å². The van der Waals surface area contributed by atoms with Crippen molar-refractivity contribution in [2.24, 2.45) is 0 Å². The van der Waals surface area contributed by atoms with Crippen LogP contribution in [0.5, 0.6) is 11.5 Å². The molecule has 1 N–H and O–H groups in total. The van der Waals surface area contributed by atoms with Gasteiger partial charge in [0.1, 0.15) is 0 Å². The summed E-state index contributed by atoms with van der Waals surface area (Å²) in [6.45, 7) is 1.34. The number of rotatable bonds is 6. The van der Waals surface area contributed by atoms with Crippen molar-refractivity contribution >= 4 is 33.2 Å². The molecule has 0 saturated heterocycles. The van der Waals surface area contributed by atoms with Crippen molar-refractivity contribution in [3.63, 3.8) is 0 Å². The second kappa shape index (κ2) is 9.72. The van der Waals surface area contributed by atoms with E-state index in [0.717, 1.165) is 12.0 Å². The van der Waals surface area contributed by atoms with E-state index < -0.39 is 10.0 Å². The third-order valence-corrected chi connectivity index (χ3v) is 6.87. The van der Waals surface area contributed by atoms with Gasteiger partial charge in [0.15, 0.2) is 11.5 Å². The Morgan fingerprint density at radius 2 is 1.70 bits per heavy atom. The molecule has 0 fully saturated rings. The minimum atomic E-state index is -3.85. The molecule has 3 aromatic carbocycles. The maximum atomic E-state index is 12.8. The molecule has 0 bridgehead atoms. The largest absolute Gasteiger partial charge is 0.490 e. The smallest absolute Gasteiger partial charge is 0.262 e. The summed E-state index contributed by atoms with van der Waals surface area (Å²) in [5.41, 5.74) is 1.62. The van der Waals surface area contributed by atoms with E-state index in [-0.39, 0.29) is 10.8 Å². The van der Waals surface area contributed by atoms with Crippen LogP contribution in [0.15, 0.2) is 71.6 Å². The van der Waals surface area contributed by atoms with Gasteiger partial charge in [-0.05, 0) is 48.0 Å². The highest BCUT2D eigenvalue weighted by atomic mass is 35.5. The number of sulfonamides is 1. The van der Waals surface area contributed by atoms with Crippen molar-refractivity contribution in [2.45, 2.75) is 17.9 Å². The van der Waals surface area contributed by atoms with E-state index in [9.17, 15) is 13.2 Å². The fourth-order valence-electron chi connectivity index (χ4n) is 3.38. The third kappa shape index (κ3) is 5.40. The Labute approximate surface area is 197 Å². The van der Waals surface area contributed by atoms with E-state index in [1.165, 1.54) is 12.1 Å². The molecule has 172 valence electrons. The SMILES string of the molecule is CN(Cc1ccccc1Cl)C(=O)c1ccc(NS(=O)(=O)c2ccc3c(c2)OCCCO3)cc1. The molecule has 1 heterocycles. The Bertz CT molecular complexity index is 1260. The molecule has 7 nitrogen and oxygen atoms in total. The summed E-state index contributed by atoms with van der Waals surface area (Å²) in [5, 5.41) is 0.594. The molecule has 0 atom stereocenters. The maximum absolute atomic E-state index is 12.8. The predicted octanol–water partition coefficient (Wildman–Crippen LogP) is 4.57. The summed E-state index contributed by atoms with van der Waals surface area (Å²) in [7, 11) is -2.16. The van der Waals surface area contributed by atoms with Crippen molar-refractivity contribution in [1.82, 2.24) is 4.90 Å². The van der Waals surface area contributed by atoms with Crippen LogP contribution in [0.3, 0.4) is 0 Å². The van der Waals surface area contributed by atoms with Crippen LogP contribution in [0.1, 0.15) is 22.3 Å². The molecule has 0 unspecified atom stereocenters. The molecule has 3 aromatic rings. The first kappa shape index (κ1) is 22.9. The van der Waals surface area contributed by atoms with Crippen LogP contribution in [0.4, 0.5) is 5.69 Å². The Morgan fingerprint density at radius 1 is 1.00 bits per heavy atom. The standard InChI is InChI=1S/C24H23ClN2O5S/c1-27(16-18-5-2-3-6-21(18)25)24(28)17-7-9-19(10-8-17)26-33(29,30)20-11-12-22-23(15-20)32-14-4-13-31-22/h2-3,5-12,15,26H,4,13-14,16H2,1H3. The molecule has 4 rings (SSSR count). The number of carbonyl (C=O) groups excluding carboxylic acids is 1. The molecule has 1 aliphatic rings. The van der Waals surface area contributed by atoms with Gasteiger partial charge in [0.2, 0.25) is 0 Å². The molecule has 0 spiro atoms. The van der Waals surface area contributed by atoms with Crippen LogP contribution in [-0.4, -0.2) is 39.5 Å². The number of benzene rings is 3. The Kier molecular flexibility index (Phi) is 6.76. The van der Waals surface area contributed by atoms with Crippen LogP contribution in [0.2, 0.25) is 5.02 Å². The van der Waals surface area contributed by atoms with Crippen LogP contribution < -0.4 is 14.2 Å². The molecule has 33 heavy (non-hydrogen) atoms. The van der Waals surface area contributed by atoms with Crippen LogP contribution >= 0.6 is 11.6 Å². The molecular formula is C24H23ClN2O5S. The lowest BCUT2D eigenvalue weighted by Gasteiger charge is -2.18. The number of hydrogen-bond donors (Lipinski definition) is 1. The van der Waals surface area contributed by atoms with Crippen LogP contribution in [-0.2, 0) is 16.6 Å². The minimum Gasteiger partial charge on any atom is -0.490 e. The van der Waals surface area contributed by atoms with E-state index in [0.29, 0.717) is 47.5 Å². The Balaban J connectivity index is 1.45. The van der Waals surface area contributed by atoms with E-state index in [4.69, 9.17) is 21.1 Å². The van der Waals surface area contributed by atoms with Gasteiger partial charge in [0.05, 0.1) is 18.1 Å². The second-order valence-electron chi connectivity index (χ2n) is 7.59. The molecule has 0 aliphatic carbocycles. The zero-order valence-corrected chi connectivity index (χ0v) is 19.5. The van der Waals surface area contributed by atoms with E-state index in [1.54, 1.807) is 48.3 Å². The zero-order chi connectivity index (χ0) is 23.4. The molecular weight excluding hydrogens is 464 g/mol. The highest BCUT2D eigenvalue weighted by Gasteiger charge is 2.20. The number of fused-ring (bicyclic) bond motifs is 1. The van der Waals surface area contributed by atoms with Gasteiger partial charge in [-0.2, -0.15) is 0 Å². The summed E-state index contributed by atoms with van der Waals surface area (Å²) >= 11 is 6.18. The second-order valence-corrected chi connectivity index (χ2v) is 9.68. The number of amides is 1. The summed E-state index contributed by atoms with van der Waals surface area (Å²) < 4.78 is 39.3. The highest BCUT2D eigenvalue weighted by Crippen LogP contribution is 2.32. The zero-order valence-electron chi connectivity index (χ0n) is 18.0. The first-order valence-corrected chi connectivity index (χ1v) is 12.2. The van der Waals surface area contributed by atoms with E-state index >= 15 is 0 Å². The number of carbonyl (C=O) groups is 1. The molecule has 0 radical (unpaired) electrons. The van der Waals surface area contributed by atoms with E-state index in [1.807, 2.05) is 18.2 Å². The lowest BCUT2D eigenvalue weighted by Crippen LogP contribution is -2.26. The Hall–Kier alpha value is -3.23. The fraction of sp³-hybridized carbons (Fsp3) is 0.208. The lowest BCUT2D eigenvalue weighted by molar-refractivity contribution is 0.0785. The first-order chi connectivity index (χ1) is 15.8. The highest BCUT2D eigenvalue weighted by molar-refractivity contribution is 7.92. The monoisotopic (exact) mass is 486 g/mol. The summed E-state index contributed by atoms with van der Waals surface area (Å²) in [6, 6.07) is 18.1. The quantitative estimate of drug-likeness (QED) is 0.551. The summed E-state index contributed by atoms with van der Waals surface area (Å²) in [6.07, 6.45) is 0.730. The minimum absolute atomic E-state index is 0.0615. The van der Waals surface area contributed by atoms with Crippen LogP contribution in [0, 0.1) is 0 Å². The van der Waals surface area contributed by atoms with Crippen LogP contribution in [0.25, 0.3) is 0 Å². The number of ether oxygens (including phenoxy) is 2. The number of nitrogens with one attached hydrogen (secondary N) is 1. The molecule has 0 saturated carbocycles. The lowest BCUT2D eigenvalue weighted by atomic mass is 10.1. The normalized spacial score (nSPS) is 13.2. The summed E-state index contributed by atoms with van der Waals surface area (Å²) in [5.74, 6) is 0.723. The number of nitrogens with zero attached hydrogens (tertiary/aromatic N) is 1. The van der Waals surface area contributed by atoms with Crippen molar-refractivity contribution < 1.29 is 22.7 Å². The van der Waals surface area contributed by atoms with Crippen molar-refractivity contribution in [3.8, 4) is 11.5 Å². The number of hydrogen-bond acceptors (Lipinski definition) is 5. The van der Waals surface area contributed by atoms with Gasteiger partial charge in [0, 0.05) is 42.4 Å². The van der Waals surface area contributed by atoms with Gasteiger partial charge >= 0.3 is 0 Å². The Morgan fingerprint density at radius 3 is 2.42 bits per heavy atom.